The molecular formula is C12H18N4O2. The van der Waals surface area contributed by atoms with Crippen LogP contribution in [0.3, 0.4) is 0 Å². The summed E-state index contributed by atoms with van der Waals surface area (Å²) in [6.45, 7) is 1.85. The summed E-state index contributed by atoms with van der Waals surface area (Å²) >= 11 is 0. The molecule has 0 aromatic heterocycles. The van der Waals surface area contributed by atoms with E-state index in [1.54, 1.807) is 14.2 Å². The lowest BCUT2D eigenvalue weighted by Gasteiger charge is -2.09. The topological polar surface area (TPSA) is 95.2 Å². The highest BCUT2D eigenvalue weighted by Gasteiger charge is 2.05. The lowest BCUT2D eigenvalue weighted by atomic mass is 10.1. The smallest absolute Gasteiger partial charge is 0.211 e. The normalized spacial score (nSPS) is 10.9. The number of guanidine groups is 1. The summed E-state index contributed by atoms with van der Waals surface area (Å²) in [5, 5.41) is 7.50. The first-order valence-electron chi connectivity index (χ1n) is 5.39. The van der Waals surface area contributed by atoms with Crippen LogP contribution in [0.1, 0.15) is 12.5 Å². The summed E-state index contributed by atoms with van der Waals surface area (Å²) in [5.41, 5.74) is 12.2. The van der Waals surface area contributed by atoms with E-state index >= 15 is 0 Å². The fourth-order valence-corrected chi connectivity index (χ4v) is 1.46. The second kappa shape index (κ2) is 6.48. The van der Waals surface area contributed by atoms with Crippen LogP contribution in [0, 0.1) is 0 Å². The quantitative estimate of drug-likeness (QED) is 0.461. The van der Waals surface area contributed by atoms with Crippen LogP contribution in [0.25, 0.3) is 0 Å². The minimum absolute atomic E-state index is 0.0540. The maximum Gasteiger partial charge on any atom is 0.211 e. The summed E-state index contributed by atoms with van der Waals surface area (Å²) in [4.78, 5) is 0. The Morgan fingerprint density at radius 2 is 1.78 bits per heavy atom. The third-order valence-electron chi connectivity index (χ3n) is 2.24. The zero-order valence-corrected chi connectivity index (χ0v) is 10.8. The van der Waals surface area contributed by atoms with Crippen molar-refractivity contribution in [1.29, 1.82) is 0 Å². The largest absolute Gasteiger partial charge is 0.493 e. The Morgan fingerprint density at radius 3 is 2.33 bits per heavy atom. The first-order chi connectivity index (χ1) is 8.56. The van der Waals surface area contributed by atoms with Gasteiger partial charge in [0.2, 0.25) is 5.96 Å². The zero-order chi connectivity index (χ0) is 13.5. The first-order valence-corrected chi connectivity index (χ1v) is 5.39. The predicted molar refractivity (Wildman–Crippen MR) is 72.2 cm³/mol. The van der Waals surface area contributed by atoms with Gasteiger partial charge >= 0.3 is 0 Å². The summed E-state index contributed by atoms with van der Waals surface area (Å²) in [6.07, 6.45) is 0.636. The van der Waals surface area contributed by atoms with Gasteiger partial charge in [0.05, 0.1) is 14.2 Å². The number of methoxy groups -OCH3 is 2. The van der Waals surface area contributed by atoms with E-state index in [2.05, 4.69) is 10.2 Å². The molecular weight excluding hydrogens is 232 g/mol. The Bertz CT molecular complexity index is 465. The molecule has 0 unspecified atom stereocenters. The molecule has 0 saturated carbocycles. The molecule has 0 spiro atoms. The molecule has 1 rings (SSSR count). The van der Waals surface area contributed by atoms with E-state index < -0.39 is 0 Å². The van der Waals surface area contributed by atoms with E-state index in [0.717, 1.165) is 11.3 Å². The maximum absolute atomic E-state index is 5.22. The third kappa shape index (κ3) is 3.97. The van der Waals surface area contributed by atoms with Gasteiger partial charge in [0.15, 0.2) is 11.5 Å². The highest BCUT2D eigenvalue weighted by Crippen LogP contribution is 2.27. The van der Waals surface area contributed by atoms with Gasteiger partial charge in [0.25, 0.3) is 0 Å². The van der Waals surface area contributed by atoms with E-state index in [1.165, 1.54) is 0 Å². The highest BCUT2D eigenvalue weighted by atomic mass is 16.5. The van der Waals surface area contributed by atoms with Crippen molar-refractivity contribution < 1.29 is 9.47 Å². The lowest BCUT2D eigenvalue weighted by molar-refractivity contribution is 0.354. The highest BCUT2D eigenvalue weighted by molar-refractivity contribution is 5.85. The Balaban J connectivity index is 2.85. The van der Waals surface area contributed by atoms with Crippen LogP contribution in [0.5, 0.6) is 11.5 Å². The molecule has 0 bridgehead atoms. The molecule has 6 heteroatoms. The van der Waals surface area contributed by atoms with Crippen molar-refractivity contribution in [2.24, 2.45) is 21.7 Å². The average molecular weight is 250 g/mol. The minimum Gasteiger partial charge on any atom is -0.493 e. The molecule has 18 heavy (non-hydrogen) atoms. The molecule has 98 valence electrons. The van der Waals surface area contributed by atoms with E-state index in [-0.39, 0.29) is 5.96 Å². The molecule has 4 N–H and O–H groups in total. The summed E-state index contributed by atoms with van der Waals surface area (Å²) in [6, 6.07) is 5.69. The maximum atomic E-state index is 5.22. The zero-order valence-electron chi connectivity index (χ0n) is 10.8. The van der Waals surface area contributed by atoms with Crippen molar-refractivity contribution in [3.8, 4) is 11.5 Å². The molecule has 0 atom stereocenters. The standard InChI is InChI=1S/C12H18N4O2/c1-8(15-16-12(13)14)6-9-4-5-10(17-2)11(7-9)18-3/h4-5,7H,6H2,1-3H3,(H4,13,14,16). The molecule has 0 aliphatic carbocycles. The SMILES string of the molecule is COc1ccc(CC(C)=NN=C(N)N)cc1OC. The molecule has 6 nitrogen and oxygen atoms in total. The molecule has 1 aromatic carbocycles. The molecule has 1 aromatic rings. The molecule has 0 radical (unpaired) electrons. The van der Waals surface area contributed by atoms with E-state index in [1.807, 2.05) is 25.1 Å². The monoisotopic (exact) mass is 250 g/mol. The van der Waals surface area contributed by atoms with Crippen molar-refractivity contribution in [3.63, 3.8) is 0 Å². The number of ether oxygens (including phenoxy) is 2. The molecule has 0 fully saturated rings. The number of benzene rings is 1. The van der Waals surface area contributed by atoms with E-state index in [0.29, 0.717) is 17.9 Å². The van der Waals surface area contributed by atoms with Crippen molar-refractivity contribution in [3.05, 3.63) is 23.8 Å². The fraction of sp³-hybridized carbons (Fsp3) is 0.333. The Hall–Kier alpha value is -2.24. The molecule has 0 aliphatic heterocycles. The van der Waals surface area contributed by atoms with Crippen LogP contribution < -0.4 is 20.9 Å². The predicted octanol–water partition coefficient (Wildman–Crippen LogP) is 0.896. The average Bonchev–Trinajstić information content (AvgIpc) is 2.36. The fourth-order valence-electron chi connectivity index (χ4n) is 1.46. The van der Waals surface area contributed by atoms with Crippen molar-refractivity contribution >= 4 is 11.7 Å². The van der Waals surface area contributed by atoms with Gasteiger partial charge in [-0.3, -0.25) is 0 Å². The van der Waals surface area contributed by atoms with Gasteiger partial charge in [-0.2, -0.15) is 5.10 Å². The van der Waals surface area contributed by atoms with Gasteiger partial charge in [-0.1, -0.05) is 6.07 Å². The molecule has 0 aliphatic rings. The van der Waals surface area contributed by atoms with Crippen molar-refractivity contribution in [2.45, 2.75) is 13.3 Å². The number of rotatable bonds is 5. The van der Waals surface area contributed by atoms with Crippen molar-refractivity contribution in [2.75, 3.05) is 14.2 Å². The van der Waals surface area contributed by atoms with Crippen LogP contribution >= 0.6 is 0 Å². The van der Waals surface area contributed by atoms with Crippen LogP contribution in [0.4, 0.5) is 0 Å². The van der Waals surface area contributed by atoms with E-state index in [4.69, 9.17) is 20.9 Å². The first kappa shape index (κ1) is 13.8. The van der Waals surface area contributed by atoms with Crippen LogP contribution in [0.15, 0.2) is 28.4 Å². The Morgan fingerprint density at radius 1 is 1.11 bits per heavy atom. The number of nitrogens with two attached hydrogens (primary N) is 2. The van der Waals surface area contributed by atoms with Gasteiger partial charge in [0, 0.05) is 12.1 Å². The molecule has 0 amide bonds. The summed E-state index contributed by atoms with van der Waals surface area (Å²) in [7, 11) is 3.20. The van der Waals surface area contributed by atoms with Gasteiger partial charge in [-0.15, -0.1) is 5.10 Å². The second-order valence-corrected chi connectivity index (χ2v) is 3.73. The number of nitrogens with zero attached hydrogens (tertiary/aromatic N) is 2. The summed E-state index contributed by atoms with van der Waals surface area (Å²) < 4.78 is 10.4. The van der Waals surface area contributed by atoms with Gasteiger partial charge in [0.1, 0.15) is 0 Å². The Kier molecular flexibility index (Phi) is 4.98. The van der Waals surface area contributed by atoms with Crippen LogP contribution in [-0.4, -0.2) is 25.9 Å². The minimum atomic E-state index is -0.0540. The molecule has 0 heterocycles. The van der Waals surface area contributed by atoms with Crippen LogP contribution in [-0.2, 0) is 6.42 Å². The summed E-state index contributed by atoms with van der Waals surface area (Å²) in [5.74, 6) is 1.33. The second-order valence-electron chi connectivity index (χ2n) is 3.73. The van der Waals surface area contributed by atoms with Crippen molar-refractivity contribution in [1.82, 2.24) is 0 Å². The van der Waals surface area contributed by atoms with Crippen LogP contribution in [0.2, 0.25) is 0 Å². The van der Waals surface area contributed by atoms with Gasteiger partial charge in [-0.25, -0.2) is 0 Å². The van der Waals surface area contributed by atoms with Gasteiger partial charge < -0.3 is 20.9 Å². The Labute approximate surface area is 106 Å². The number of hydrogen-bond acceptors (Lipinski definition) is 4. The number of hydrogen-bond donors (Lipinski definition) is 2. The lowest BCUT2D eigenvalue weighted by Crippen LogP contribution is -2.22. The molecule has 0 saturated heterocycles. The van der Waals surface area contributed by atoms with E-state index in [9.17, 15) is 0 Å². The van der Waals surface area contributed by atoms with Gasteiger partial charge in [-0.05, 0) is 24.6 Å². The third-order valence-corrected chi connectivity index (χ3v) is 2.24.